The van der Waals surface area contributed by atoms with Crippen LogP contribution in [0.25, 0.3) is 21.8 Å². The van der Waals surface area contributed by atoms with Gasteiger partial charge >= 0.3 is 0 Å². The molecule has 0 radical (unpaired) electrons. The second-order valence-corrected chi connectivity index (χ2v) is 6.79. The summed E-state index contributed by atoms with van der Waals surface area (Å²) in [6, 6.07) is 22.7. The first kappa shape index (κ1) is 15.0. The number of halogens is 1. The van der Waals surface area contributed by atoms with Crippen LogP contribution in [0.3, 0.4) is 0 Å². The van der Waals surface area contributed by atoms with Crippen molar-refractivity contribution in [3.63, 3.8) is 0 Å². The van der Waals surface area contributed by atoms with Crippen LogP contribution >= 0.6 is 15.9 Å². The van der Waals surface area contributed by atoms with Gasteiger partial charge in [0, 0.05) is 38.4 Å². The average Bonchev–Trinajstić information content (AvgIpc) is 2.89. The Balaban J connectivity index is 1.97. The van der Waals surface area contributed by atoms with Crippen LogP contribution in [-0.4, -0.2) is 10.4 Å². The molecule has 1 heterocycles. The standard InChI is InChI=1S/C20H16BrN3/c21-15-5-3-4-13(10-15)12-24-18-7-2-1-6-16(18)17-11-14(20(22)23)8-9-19(17)24/h1-11H,12H2,(H3,22,23). The lowest BCUT2D eigenvalue weighted by Gasteiger charge is -2.08. The molecule has 0 unspecified atom stereocenters. The molecule has 4 rings (SSSR count). The first-order chi connectivity index (χ1) is 11.6. The average molecular weight is 378 g/mol. The monoisotopic (exact) mass is 377 g/mol. The molecule has 0 spiro atoms. The largest absolute Gasteiger partial charge is 0.384 e. The van der Waals surface area contributed by atoms with Crippen LogP contribution in [0.4, 0.5) is 0 Å². The SMILES string of the molecule is N=C(N)c1ccc2c(c1)c1ccccc1n2Cc1cccc(Br)c1. The molecule has 0 fully saturated rings. The third-order valence-corrected chi connectivity index (χ3v) is 4.81. The number of hydrogen-bond donors (Lipinski definition) is 2. The van der Waals surface area contributed by atoms with Crippen LogP contribution in [0.15, 0.2) is 71.2 Å². The normalized spacial score (nSPS) is 11.2. The number of fused-ring (bicyclic) bond motifs is 3. The Bertz CT molecular complexity index is 1080. The molecular formula is C20H16BrN3. The van der Waals surface area contributed by atoms with E-state index in [0.29, 0.717) is 0 Å². The number of nitrogens with one attached hydrogen (secondary N) is 1. The Morgan fingerprint density at radius 2 is 1.71 bits per heavy atom. The Kier molecular flexibility index (Phi) is 3.62. The highest BCUT2D eigenvalue weighted by Crippen LogP contribution is 2.30. The highest BCUT2D eigenvalue weighted by atomic mass is 79.9. The lowest BCUT2D eigenvalue weighted by molar-refractivity contribution is 0.868. The van der Waals surface area contributed by atoms with Gasteiger partial charge in [-0.2, -0.15) is 0 Å². The minimum atomic E-state index is 0.0979. The van der Waals surface area contributed by atoms with Crippen molar-refractivity contribution in [2.75, 3.05) is 0 Å². The third-order valence-electron chi connectivity index (χ3n) is 4.31. The summed E-state index contributed by atoms with van der Waals surface area (Å²) in [4.78, 5) is 0. The van der Waals surface area contributed by atoms with Crippen LogP contribution in [-0.2, 0) is 6.54 Å². The predicted octanol–water partition coefficient (Wildman–Crippen LogP) is 4.89. The highest BCUT2D eigenvalue weighted by molar-refractivity contribution is 9.10. The van der Waals surface area contributed by atoms with Crippen molar-refractivity contribution >= 4 is 43.6 Å². The molecule has 24 heavy (non-hydrogen) atoms. The van der Waals surface area contributed by atoms with E-state index in [4.69, 9.17) is 11.1 Å². The fourth-order valence-electron chi connectivity index (χ4n) is 3.21. The second-order valence-electron chi connectivity index (χ2n) is 5.88. The zero-order valence-corrected chi connectivity index (χ0v) is 14.5. The number of para-hydroxylation sites is 1. The lowest BCUT2D eigenvalue weighted by atomic mass is 10.1. The molecule has 118 valence electrons. The molecule has 0 aliphatic rings. The van der Waals surface area contributed by atoms with Gasteiger partial charge in [-0.05, 0) is 42.0 Å². The van der Waals surface area contributed by atoms with Crippen LogP contribution in [0, 0.1) is 5.41 Å². The van der Waals surface area contributed by atoms with Gasteiger partial charge in [-0.1, -0.05) is 46.3 Å². The van der Waals surface area contributed by atoms with Crippen molar-refractivity contribution in [1.29, 1.82) is 5.41 Å². The van der Waals surface area contributed by atoms with E-state index in [9.17, 15) is 0 Å². The number of aromatic nitrogens is 1. The molecule has 0 aliphatic carbocycles. The van der Waals surface area contributed by atoms with Gasteiger partial charge in [0.15, 0.2) is 0 Å². The molecule has 0 amide bonds. The molecule has 0 saturated carbocycles. The zero-order chi connectivity index (χ0) is 16.7. The molecule has 0 saturated heterocycles. The van der Waals surface area contributed by atoms with E-state index in [2.05, 4.69) is 63.0 Å². The maximum Gasteiger partial charge on any atom is 0.122 e. The molecule has 4 aromatic rings. The van der Waals surface area contributed by atoms with E-state index < -0.39 is 0 Å². The summed E-state index contributed by atoms with van der Waals surface area (Å²) >= 11 is 3.54. The fraction of sp³-hybridized carbons (Fsp3) is 0.0500. The first-order valence-corrected chi connectivity index (χ1v) is 8.52. The third kappa shape index (κ3) is 2.49. The van der Waals surface area contributed by atoms with Crippen LogP contribution in [0.5, 0.6) is 0 Å². The summed E-state index contributed by atoms with van der Waals surface area (Å²) in [6.07, 6.45) is 0. The summed E-state index contributed by atoms with van der Waals surface area (Å²) in [5.74, 6) is 0.0979. The highest BCUT2D eigenvalue weighted by Gasteiger charge is 2.12. The fourth-order valence-corrected chi connectivity index (χ4v) is 3.66. The van der Waals surface area contributed by atoms with Crippen molar-refractivity contribution in [3.8, 4) is 0 Å². The molecule has 0 aliphatic heterocycles. The first-order valence-electron chi connectivity index (χ1n) is 7.73. The molecular weight excluding hydrogens is 362 g/mol. The Morgan fingerprint density at radius 1 is 0.917 bits per heavy atom. The quantitative estimate of drug-likeness (QED) is 0.387. The molecule has 1 aromatic heterocycles. The maximum absolute atomic E-state index is 7.69. The number of nitrogens with zero attached hydrogens (tertiary/aromatic N) is 1. The Morgan fingerprint density at radius 3 is 2.50 bits per heavy atom. The second kappa shape index (κ2) is 5.80. The molecule has 3 nitrogen and oxygen atoms in total. The molecule has 0 atom stereocenters. The molecule has 3 aromatic carbocycles. The van der Waals surface area contributed by atoms with E-state index in [1.165, 1.54) is 16.5 Å². The van der Waals surface area contributed by atoms with Gasteiger partial charge in [0.25, 0.3) is 0 Å². The zero-order valence-electron chi connectivity index (χ0n) is 13.0. The molecule has 4 heteroatoms. The number of rotatable bonds is 3. The van der Waals surface area contributed by atoms with E-state index in [1.54, 1.807) is 0 Å². The summed E-state index contributed by atoms with van der Waals surface area (Å²) in [5.41, 5.74) is 10.0. The minimum Gasteiger partial charge on any atom is -0.384 e. The van der Waals surface area contributed by atoms with E-state index in [0.717, 1.165) is 27.5 Å². The van der Waals surface area contributed by atoms with Gasteiger partial charge in [-0.25, -0.2) is 0 Å². The van der Waals surface area contributed by atoms with Gasteiger partial charge < -0.3 is 10.3 Å². The number of nitrogen functional groups attached to an aromatic ring is 1. The smallest absolute Gasteiger partial charge is 0.122 e. The van der Waals surface area contributed by atoms with E-state index in [1.807, 2.05) is 24.3 Å². The number of nitrogens with two attached hydrogens (primary N) is 1. The number of benzene rings is 3. The Labute approximate surface area is 148 Å². The van der Waals surface area contributed by atoms with Gasteiger partial charge in [-0.3, -0.25) is 5.41 Å². The lowest BCUT2D eigenvalue weighted by Crippen LogP contribution is -2.10. The van der Waals surface area contributed by atoms with Gasteiger partial charge in [0.05, 0.1) is 0 Å². The molecule has 3 N–H and O–H groups in total. The minimum absolute atomic E-state index is 0.0979. The Hall–Kier alpha value is -2.59. The van der Waals surface area contributed by atoms with Crippen molar-refractivity contribution in [2.24, 2.45) is 5.73 Å². The topological polar surface area (TPSA) is 54.8 Å². The van der Waals surface area contributed by atoms with E-state index in [-0.39, 0.29) is 5.84 Å². The van der Waals surface area contributed by atoms with Crippen molar-refractivity contribution in [2.45, 2.75) is 6.54 Å². The summed E-state index contributed by atoms with van der Waals surface area (Å²) < 4.78 is 3.40. The maximum atomic E-state index is 7.69. The summed E-state index contributed by atoms with van der Waals surface area (Å²) in [5, 5.41) is 10.0. The van der Waals surface area contributed by atoms with Crippen molar-refractivity contribution in [1.82, 2.24) is 4.57 Å². The number of hydrogen-bond acceptors (Lipinski definition) is 1. The van der Waals surface area contributed by atoms with Gasteiger partial charge in [0.1, 0.15) is 5.84 Å². The van der Waals surface area contributed by atoms with E-state index >= 15 is 0 Å². The van der Waals surface area contributed by atoms with Crippen LogP contribution in [0.2, 0.25) is 0 Å². The summed E-state index contributed by atoms with van der Waals surface area (Å²) in [7, 11) is 0. The predicted molar refractivity (Wildman–Crippen MR) is 104 cm³/mol. The molecule has 0 bridgehead atoms. The van der Waals surface area contributed by atoms with Crippen molar-refractivity contribution in [3.05, 3.63) is 82.3 Å². The summed E-state index contributed by atoms with van der Waals surface area (Å²) in [6.45, 7) is 0.795. The van der Waals surface area contributed by atoms with Crippen LogP contribution < -0.4 is 5.73 Å². The van der Waals surface area contributed by atoms with Gasteiger partial charge in [-0.15, -0.1) is 0 Å². The van der Waals surface area contributed by atoms with Crippen molar-refractivity contribution < 1.29 is 0 Å². The van der Waals surface area contributed by atoms with Gasteiger partial charge in [0.2, 0.25) is 0 Å². The van der Waals surface area contributed by atoms with Crippen LogP contribution in [0.1, 0.15) is 11.1 Å². The number of amidine groups is 1.